The maximum atomic E-state index is 10.9. The second-order valence-corrected chi connectivity index (χ2v) is 4.72. The molecule has 1 amide bonds. The largest absolute Gasteiger partial charge is 0.350 e. The molecule has 0 radical (unpaired) electrons. The molecule has 0 fully saturated rings. The minimum absolute atomic E-state index is 0.331. The molecule has 2 unspecified atom stereocenters. The Morgan fingerprint density at radius 2 is 2.07 bits per heavy atom. The number of amides is 1. The maximum absolute atomic E-state index is 10.9. The maximum Gasteiger partial charge on any atom is 0.265 e. The average molecular weight is 221 g/mol. The molecular weight excluding hydrogens is 206 g/mol. The highest BCUT2D eigenvalue weighted by Crippen LogP contribution is 2.05. The van der Waals surface area contributed by atoms with Crippen molar-refractivity contribution in [2.45, 2.75) is 19.9 Å². The minimum Gasteiger partial charge on any atom is -0.350 e. The summed E-state index contributed by atoms with van der Waals surface area (Å²) in [6, 6.07) is -0.331. The highest BCUT2D eigenvalue weighted by atomic mass is 32.2. The molecule has 0 spiro atoms. The van der Waals surface area contributed by atoms with E-state index < -0.39 is 10.1 Å². The van der Waals surface area contributed by atoms with Gasteiger partial charge in [0, 0.05) is 6.04 Å². The van der Waals surface area contributed by atoms with Crippen LogP contribution in [0.3, 0.4) is 0 Å². The van der Waals surface area contributed by atoms with E-state index in [9.17, 15) is 13.2 Å². The van der Waals surface area contributed by atoms with E-state index >= 15 is 0 Å². The van der Waals surface area contributed by atoms with Crippen LogP contribution in [-0.4, -0.2) is 30.7 Å². The van der Waals surface area contributed by atoms with Gasteiger partial charge in [-0.25, -0.2) is 0 Å². The van der Waals surface area contributed by atoms with Crippen molar-refractivity contribution in [2.75, 3.05) is 5.75 Å². The summed E-state index contributed by atoms with van der Waals surface area (Å²) in [5.74, 6) is -1.08. The molecule has 2 N–H and O–H groups in total. The molecule has 14 heavy (non-hydrogen) atoms. The Hall–Kier alpha value is -0.880. The van der Waals surface area contributed by atoms with Gasteiger partial charge in [0.2, 0.25) is 5.91 Å². The van der Waals surface area contributed by atoms with Gasteiger partial charge in [-0.3, -0.25) is 9.35 Å². The van der Waals surface area contributed by atoms with Crippen molar-refractivity contribution in [1.29, 1.82) is 0 Å². The van der Waals surface area contributed by atoms with Crippen LogP contribution in [0.1, 0.15) is 13.8 Å². The summed E-state index contributed by atoms with van der Waals surface area (Å²) < 4.78 is 29.6. The van der Waals surface area contributed by atoms with E-state index in [1.54, 1.807) is 13.8 Å². The average Bonchev–Trinajstić information content (AvgIpc) is 2.00. The molecule has 0 aromatic carbocycles. The lowest BCUT2D eigenvalue weighted by molar-refractivity contribution is -0.117. The lowest BCUT2D eigenvalue weighted by Crippen LogP contribution is -2.38. The van der Waals surface area contributed by atoms with Crippen molar-refractivity contribution >= 4 is 16.0 Å². The van der Waals surface area contributed by atoms with Crippen molar-refractivity contribution in [1.82, 2.24) is 5.32 Å². The normalized spacial score (nSPS) is 15.6. The van der Waals surface area contributed by atoms with Crippen LogP contribution >= 0.6 is 0 Å². The third kappa shape index (κ3) is 5.71. The summed E-state index contributed by atoms with van der Waals surface area (Å²) in [6.45, 7) is 6.56. The van der Waals surface area contributed by atoms with Gasteiger partial charge in [-0.15, -0.1) is 0 Å². The Bertz CT molecular complexity index is 309. The summed E-state index contributed by atoms with van der Waals surface area (Å²) in [5.41, 5.74) is 0. The smallest absolute Gasteiger partial charge is 0.265 e. The zero-order valence-corrected chi connectivity index (χ0v) is 9.04. The summed E-state index contributed by atoms with van der Waals surface area (Å²) in [4.78, 5) is 10.9. The van der Waals surface area contributed by atoms with E-state index in [0.717, 1.165) is 6.08 Å². The van der Waals surface area contributed by atoms with Crippen LogP contribution < -0.4 is 5.32 Å². The third-order valence-corrected chi connectivity index (χ3v) is 2.83. The zero-order chi connectivity index (χ0) is 11.4. The Balaban J connectivity index is 4.19. The molecule has 0 aliphatic carbocycles. The van der Waals surface area contributed by atoms with Gasteiger partial charge in [0.15, 0.2) is 0 Å². The van der Waals surface area contributed by atoms with Gasteiger partial charge in [-0.2, -0.15) is 8.42 Å². The van der Waals surface area contributed by atoms with Gasteiger partial charge in [-0.05, 0) is 18.9 Å². The molecule has 0 aromatic rings. The monoisotopic (exact) mass is 221 g/mol. The van der Waals surface area contributed by atoms with Gasteiger partial charge in [0.05, 0.1) is 5.75 Å². The highest BCUT2D eigenvalue weighted by molar-refractivity contribution is 7.85. The van der Waals surface area contributed by atoms with E-state index in [-0.39, 0.29) is 23.6 Å². The van der Waals surface area contributed by atoms with Crippen molar-refractivity contribution in [3.63, 3.8) is 0 Å². The first kappa shape index (κ1) is 13.1. The van der Waals surface area contributed by atoms with Gasteiger partial charge in [0.1, 0.15) is 0 Å². The molecule has 0 aliphatic heterocycles. The molecule has 0 bridgehead atoms. The lowest BCUT2D eigenvalue weighted by Gasteiger charge is -2.18. The van der Waals surface area contributed by atoms with Crippen LogP contribution in [0.4, 0.5) is 0 Å². The summed E-state index contributed by atoms with van der Waals surface area (Å²) >= 11 is 0. The Kier molecular flexibility index (Phi) is 4.79. The van der Waals surface area contributed by atoms with E-state index in [2.05, 4.69) is 11.9 Å². The molecule has 6 heteroatoms. The lowest BCUT2D eigenvalue weighted by atomic mass is 10.1. The molecule has 0 heterocycles. The van der Waals surface area contributed by atoms with Crippen LogP contribution in [-0.2, 0) is 14.9 Å². The number of carbonyl (C=O) groups is 1. The Morgan fingerprint density at radius 3 is 2.43 bits per heavy atom. The fourth-order valence-corrected chi connectivity index (χ4v) is 1.86. The van der Waals surface area contributed by atoms with Crippen molar-refractivity contribution in [3.8, 4) is 0 Å². The molecule has 2 atom stereocenters. The molecule has 5 nitrogen and oxygen atoms in total. The topological polar surface area (TPSA) is 83.5 Å². The molecule has 0 aromatic heterocycles. The van der Waals surface area contributed by atoms with Crippen LogP contribution in [0.5, 0.6) is 0 Å². The van der Waals surface area contributed by atoms with Crippen LogP contribution in [0.25, 0.3) is 0 Å². The number of carbonyl (C=O) groups excluding carboxylic acids is 1. The predicted molar refractivity (Wildman–Crippen MR) is 53.4 cm³/mol. The van der Waals surface area contributed by atoms with Gasteiger partial charge in [0.25, 0.3) is 10.1 Å². The zero-order valence-electron chi connectivity index (χ0n) is 8.23. The van der Waals surface area contributed by atoms with E-state index in [4.69, 9.17) is 4.55 Å². The Labute approximate surface area is 83.9 Å². The fraction of sp³-hybridized carbons (Fsp3) is 0.625. The third-order valence-electron chi connectivity index (χ3n) is 1.88. The SMILES string of the molecule is C=CC(=O)NC(C)C(C)CS(=O)(=O)O. The highest BCUT2D eigenvalue weighted by Gasteiger charge is 2.19. The Morgan fingerprint density at radius 1 is 1.57 bits per heavy atom. The second-order valence-electron chi connectivity index (χ2n) is 3.23. The molecule has 0 saturated heterocycles. The number of hydrogen-bond donors (Lipinski definition) is 2. The van der Waals surface area contributed by atoms with E-state index in [1.807, 2.05) is 0 Å². The summed E-state index contributed by atoms with van der Waals surface area (Å²) in [7, 11) is -3.99. The van der Waals surface area contributed by atoms with E-state index in [0.29, 0.717) is 0 Å². The van der Waals surface area contributed by atoms with Crippen LogP contribution in [0, 0.1) is 5.92 Å². The van der Waals surface area contributed by atoms with Crippen molar-refractivity contribution in [3.05, 3.63) is 12.7 Å². The number of rotatable bonds is 5. The van der Waals surface area contributed by atoms with Crippen LogP contribution in [0.2, 0.25) is 0 Å². The number of nitrogens with one attached hydrogen (secondary N) is 1. The molecule has 0 saturated carbocycles. The standard InChI is InChI=1S/C8H15NO4S/c1-4-8(10)9-7(3)6(2)5-14(11,12)13/h4,6-7H,1,5H2,2-3H3,(H,9,10)(H,11,12,13). The molecule has 0 aliphatic rings. The summed E-state index contributed by atoms with van der Waals surface area (Å²) in [5, 5.41) is 2.52. The minimum atomic E-state index is -3.99. The number of hydrogen-bond acceptors (Lipinski definition) is 3. The van der Waals surface area contributed by atoms with E-state index in [1.165, 1.54) is 0 Å². The quantitative estimate of drug-likeness (QED) is 0.513. The van der Waals surface area contributed by atoms with Crippen molar-refractivity contribution in [2.24, 2.45) is 5.92 Å². The molecule has 82 valence electrons. The van der Waals surface area contributed by atoms with Crippen molar-refractivity contribution < 1.29 is 17.8 Å². The second kappa shape index (κ2) is 5.11. The predicted octanol–water partition coefficient (Wildman–Crippen LogP) is 0.201. The molecule has 0 rings (SSSR count). The van der Waals surface area contributed by atoms with Gasteiger partial charge in [-0.1, -0.05) is 13.5 Å². The first-order chi connectivity index (χ1) is 6.26. The first-order valence-electron chi connectivity index (χ1n) is 4.14. The summed E-state index contributed by atoms with van der Waals surface area (Å²) in [6.07, 6.45) is 1.11. The van der Waals surface area contributed by atoms with Gasteiger partial charge < -0.3 is 5.32 Å². The fourth-order valence-electron chi connectivity index (χ4n) is 0.902. The first-order valence-corrected chi connectivity index (χ1v) is 5.75. The van der Waals surface area contributed by atoms with Gasteiger partial charge >= 0.3 is 0 Å². The molecular formula is C8H15NO4S. The van der Waals surface area contributed by atoms with Crippen LogP contribution in [0.15, 0.2) is 12.7 Å².